The summed E-state index contributed by atoms with van der Waals surface area (Å²) < 4.78 is 3.92. The van der Waals surface area contributed by atoms with Gasteiger partial charge in [-0.1, -0.05) is 29.1 Å². The largest absolute Gasteiger partial charge is 0.333 e. The fraction of sp³-hybridized carbons (Fsp3) is 0.188. The van der Waals surface area contributed by atoms with Gasteiger partial charge in [0.25, 0.3) is 5.56 Å². The molecule has 24 heavy (non-hydrogen) atoms. The predicted octanol–water partition coefficient (Wildman–Crippen LogP) is 2.04. The Morgan fingerprint density at radius 2 is 1.88 bits per heavy atom. The van der Waals surface area contributed by atoms with Crippen molar-refractivity contribution < 1.29 is 0 Å². The van der Waals surface area contributed by atoms with E-state index < -0.39 is 11.2 Å². The van der Waals surface area contributed by atoms with Crippen LogP contribution in [0.25, 0.3) is 22.6 Å². The number of imidazole rings is 1. The van der Waals surface area contributed by atoms with Crippen LogP contribution < -0.4 is 11.2 Å². The second-order valence-corrected chi connectivity index (χ2v) is 6.05. The molecule has 0 fully saturated rings. The number of aromatic nitrogens is 4. The van der Waals surface area contributed by atoms with Crippen LogP contribution in [0.4, 0.5) is 0 Å². The average molecular weight is 363 g/mol. The van der Waals surface area contributed by atoms with Crippen molar-refractivity contribution in [3.8, 4) is 23.7 Å². The average Bonchev–Trinajstić information content (AvgIpc) is 2.90. The Balaban J connectivity index is 2.40. The van der Waals surface area contributed by atoms with Crippen molar-refractivity contribution in [3.63, 3.8) is 0 Å². The monoisotopic (exact) mass is 362 g/mol. The van der Waals surface area contributed by atoms with Crippen LogP contribution in [0.3, 0.4) is 0 Å². The van der Waals surface area contributed by atoms with Crippen molar-refractivity contribution in [1.82, 2.24) is 18.7 Å². The molecule has 6 nitrogen and oxygen atoms in total. The summed E-state index contributed by atoms with van der Waals surface area (Å²) in [6.07, 6.45) is 5.25. The number of hydrogen-bond donors (Lipinski definition) is 0. The minimum Gasteiger partial charge on any atom is -0.321 e. The van der Waals surface area contributed by atoms with Crippen LogP contribution in [0.2, 0.25) is 10.0 Å². The van der Waals surface area contributed by atoms with Crippen molar-refractivity contribution in [2.24, 2.45) is 14.1 Å². The number of fused-ring (bicyclic) bond motifs is 1. The third kappa shape index (κ3) is 2.33. The second-order valence-electron chi connectivity index (χ2n) is 5.23. The molecule has 0 aliphatic carbocycles. The van der Waals surface area contributed by atoms with Gasteiger partial charge < -0.3 is 4.57 Å². The molecule has 0 saturated carbocycles. The third-order valence-electron chi connectivity index (χ3n) is 3.79. The summed E-state index contributed by atoms with van der Waals surface area (Å²) in [4.78, 5) is 29.4. The first-order chi connectivity index (χ1) is 11.4. The quantitative estimate of drug-likeness (QED) is 0.655. The number of aryl methyl sites for hydroxylation is 2. The van der Waals surface area contributed by atoms with Crippen molar-refractivity contribution in [1.29, 1.82) is 0 Å². The van der Waals surface area contributed by atoms with Gasteiger partial charge in [-0.15, -0.1) is 6.42 Å². The van der Waals surface area contributed by atoms with Gasteiger partial charge in [0.15, 0.2) is 11.2 Å². The van der Waals surface area contributed by atoms with Crippen LogP contribution in [0, 0.1) is 12.3 Å². The molecular formula is C16H12Cl2N4O2. The number of terminal acetylenes is 1. The number of nitrogens with zero attached hydrogens (tertiary/aromatic N) is 4. The third-order valence-corrected chi connectivity index (χ3v) is 4.53. The van der Waals surface area contributed by atoms with Crippen LogP contribution >= 0.6 is 23.2 Å². The van der Waals surface area contributed by atoms with E-state index in [2.05, 4.69) is 10.9 Å². The van der Waals surface area contributed by atoms with E-state index in [4.69, 9.17) is 29.6 Å². The Morgan fingerprint density at radius 1 is 1.17 bits per heavy atom. The molecule has 0 spiro atoms. The first-order valence-electron chi connectivity index (χ1n) is 6.92. The van der Waals surface area contributed by atoms with Crippen LogP contribution in [0.1, 0.15) is 0 Å². The number of halogens is 2. The van der Waals surface area contributed by atoms with Gasteiger partial charge in [0, 0.05) is 19.7 Å². The Kier molecular flexibility index (Phi) is 3.99. The van der Waals surface area contributed by atoms with Crippen molar-refractivity contribution >= 4 is 34.4 Å². The van der Waals surface area contributed by atoms with Gasteiger partial charge in [0.05, 0.1) is 16.6 Å². The van der Waals surface area contributed by atoms with Gasteiger partial charge in [-0.05, 0) is 18.2 Å². The van der Waals surface area contributed by atoms with Crippen LogP contribution in [-0.2, 0) is 20.6 Å². The van der Waals surface area contributed by atoms with Crippen LogP contribution in [-0.4, -0.2) is 18.7 Å². The molecule has 0 unspecified atom stereocenters. The van der Waals surface area contributed by atoms with Crippen LogP contribution in [0.5, 0.6) is 0 Å². The maximum absolute atomic E-state index is 12.6. The summed E-state index contributed by atoms with van der Waals surface area (Å²) in [5.41, 5.74) is 0.255. The molecule has 0 atom stereocenters. The molecule has 122 valence electrons. The minimum atomic E-state index is -0.510. The van der Waals surface area contributed by atoms with Crippen molar-refractivity contribution in [2.45, 2.75) is 6.54 Å². The Labute approximate surface area is 146 Å². The lowest BCUT2D eigenvalue weighted by molar-refractivity contribution is 0.674. The molecule has 0 amide bonds. The summed E-state index contributed by atoms with van der Waals surface area (Å²) >= 11 is 12.0. The maximum Gasteiger partial charge on any atom is 0.333 e. The Bertz CT molecular complexity index is 1130. The highest BCUT2D eigenvalue weighted by molar-refractivity contribution is 6.42. The molecule has 3 rings (SSSR count). The zero-order chi connectivity index (χ0) is 17.6. The summed E-state index contributed by atoms with van der Waals surface area (Å²) in [7, 11) is 3.24. The number of benzene rings is 1. The van der Waals surface area contributed by atoms with E-state index in [9.17, 15) is 9.59 Å². The molecule has 3 aromatic rings. The summed E-state index contributed by atoms with van der Waals surface area (Å²) in [6, 6.07) is 5.05. The van der Waals surface area contributed by atoms with Gasteiger partial charge in [0.2, 0.25) is 0 Å². The van der Waals surface area contributed by atoms with Gasteiger partial charge in [0.1, 0.15) is 5.82 Å². The van der Waals surface area contributed by atoms with E-state index in [0.717, 1.165) is 4.57 Å². The van der Waals surface area contributed by atoms with E-state index in [1.165, 1.54) is 4.57 Å². The smallest absolute Gasteiger partial charge is 0.321 e. The van der Waals surface area contributed by atoms with Gasteiger partial charge in [-0.3, -0.25) is 9.36 Å². The standard InChI is InChI=1S/C16H12Cl2N4O2/c1-4-7-22-15(23)12-14(21(3)16(22)24)19-13(20(12)2)9-5-6-10(17)11(18)8-9/h1,5-6,8H,7H2,2-3H3. The van der Waals surface area contributed by atoms with Gasteiger partial charge >= 0.3 is 5.69 Å². The van der Waals surface area contributed by atoms with E-state index in [-0.39, 0.29) is 17.7 Å². The molecule has 0 saturated heterocycles. The number of rotatable bonds is 2. The van der Waals surface area contributed by atoms with Crippen molar-refractivity contribution in [3.05, 3.63) is 49.1 Å². The molecule has 2 aromatic heterocycles. The highest BCUT2D eigenvalue weighted by Gasteiger charge is 2.19. The minimum absolute atomic E-state index is 0.102. The Morgan fingerprint density at radius 3 is 2.50 bits per heavy atom. The van der Waals surface area contributed by atoms with E-state index in [1.807, 2.05) is 0 Å². The zero-order valence-corrected chi connectivity index (χ0v) is 14.4. The molecule has 0 radical (unpaired) electrons. The molecule has 8 heteroatoms. The maximum atomic E-state index is 12.6. The van der Waals surface area contributed by atoms with E-state index in [0.29, 0.717) is 21.4 Å². The van der Waals surface area contributed by atoms with E-state index >= 15 is 0 Å². The van der Waals surface area contributed by atoms with Crippen molar-refractivity contribution in [2.75, 3.05) is 0 Å². The molecule has 0 bridgehead atoms. The summed E-state index contributed by atoms with van der Waals surface area (Å²) in [6.45, 7) is -0.102. The predicted molar refractivity (Wildman–Crippen MR) is 94.5 cm³/mol. The Hall–Kier alpha value is -2.49. The lowest BCUT2D eigenvalue weighted by Gasteiger charge is -2.06. The SMILES string of the molecule is C#CCn1c(=O)c2c(nc(-c3ccc(Cl)c(Cl)c3)n2C)n(C)c1=O. The van der Waals surface area contributed by atoms with Gasteiger partial charge in [-0.25, -0.2) is 14.3 Å². The molecule has 0 aliphatic heterocycles. The summed E-state index contributed by atoms with van der Waals surface area (Å²) in [5.74, 6) is 2.81. The highest BCUT2D eigenvalue weighted by atomic mass is 35.5. The molecule has 1 aromatic carbocycles. The highest BCUT2D eigenvalue weighted by Crippen LogP contribution is 2.28. The van der Waals surface area contributed by atoms with E-state index in [1.54, 1.807) is 36.9 Å². The first kappa shape index (κ1) is 16.4. The molecule has 0 aliphatic rings. The lowest BCUT2D eigenvalue weighted by atomic mass is 10.2. The topological polar surface area (TPSA) is 61.8 Å². The second kappa shape index (κ2) is 5.86. The molecular weight excluding hydrogens is 351 g/mol. The lowest BCUT2D eigenvalue weighted by Crippen LogP contribution is -2.39. The number of hydrogen-bond acceptors (Lipinski definition) is 3. The summed E-state index contributed by atoms with van der Waals surface area (Å²) in [5, 5.41) is 0.794. The zero-order valence-electron chi connectivity index (χ0n) is 12.9. The van der Waals surface area contributed by atoms with Gasteiger partial charge in [-0.2, -0.15) is 0 Å². The van der Waals surface area contributed by atoms with Crippen LogP contribution in [0.15, 0.2) is 27.8 Å². The fourth-order valence-electron chi connectivity index (χ4n) is 2.57. The molecule has 0 N–H and O–H groups in total. The first-order valence-corrected chi connectivity index (χ1v) is 7.67. The normalized spacial score (nSPS) is 11.0. The molecule has 2 heterocycles. The fourth-order valence-corrected chi connectivity index (χ4v) is 2.87.